The molecule has 0 atom stereocenters. The number of hydrogen-bond acceptors (Lipinski definition) is 0. The van der Waals surface area contributed by atoms with E-state index in [4.69, 9.17) is 0 Å². The zero-order chi connectivity index (χ0) is 17.6. The maximum absolute atomic E-state index is 13.4. The number of allylic oxidation sites excluding steroid dienone is 2. The molecule has 25 heavy (non-hydrogen) atoms. The zero-order valence-corrected chi connectivity index (χ0v) is 15.5. The van der Waals surface area contributed by atoms with Crippen LogP contribution in [-0.4, -0.2) is 0 Å². The molecule has 2 aliphatic carbocycles. The van der Waals surface area contributed by atoms with E-state index in [0.717, 1.165) is 30.2 Å². The molecular weight excluding hydrogens is 314 g/mol. The molecule has 2 saturated carbocycles. The van der Waals surface area contributed by atoms with Gasteiger partial charge in [-0.05, 0) is 92.7 Å². The van der Waals surface area contributed by atoms with Crippen LogP contribution in [0.1, 0.15) is 82.6 Å². The Morgan fingerprint density at radius 1 is 0.840 bits per heavy atom. The maximum atomic E-state index is 13.4. The van der Waals surface area contributed by atoms with Gasteiger partial charge < -0.3 is 0 Å². The molecule has 3 rings (SSSR count). The van der Waals surface area contributed by atoms with Crippen molar-refractivity contribution in [2.75, 3.05) is 0 Å². The van der Waals surface area contributed by atoms with Crippen molar-refractivity contribution in [1.29, 1.82) is 0 Å². The standard InChI is InChI=1S/C23H32F2/c1-2-3-17-4-6-18(7-5-17)8-9-19-10-12-20(13-11-19)21-14-15-22(24)23(25)16-21/h8-9,14-20H,2-7,10-13H2,1H3/b9-8+/t17-,18-,19-,20-. The molecule has 2 aliphatic rings. The first-order chi connectivity index (χ1) is 12.2. The van der Waals surface area contributed by atoms with Crippen LogP contribution < -0.4 is 0 Å². The molecule has 0 aromatic heterocycles. The molecule has 0 saturated heterocycles. The van der Waals surface area contributed by atoms with Crippen LogP contribution in [0.5, 0.6) is 0 Å². The number of rotatable bonds is 5. The Labute approximate surface area is 151 Å². The quantitative estimate of drug-likeness (QED) is 0.487. The summed E-state index contributed by atoms with van der Waals surface area (Å²) in [5, 5.41) is 0. The minimum Gasteiger partial charge on any atom is -0.204 e. The van der Waals surface area contributed by atoms with E-state index in [1.54, 1.807) is 6.07 Å². The van der Waals surface area contributed by atoms with Crippen LogP contribution in [0.4, 0.5) is 8.78 Å². The van der Waals surface area contributed by atoms with E-state index >= 15 is 0 Å². The van der Waals surface area contributed by atoms with Crippen molar-refractivity contribution in [1.82, 2.24) is 0 Å². The first-order valence-electron chi connectivity index (χ1n) is 10.3. The summed E-state index contributed by atoms with van der Waals surface area (Å²) in [6.45, 7) is 2.29. The second kappa shape index (κ2) is 8.96. The predicted molar refractivity (Wildman–Crippen MR) is 101 cm³/mol. The van der Waals surface area contributed by atoms with Crippen molar-refractivity contribution in [3.63, 3.8) is 0 Å². The van der Waals surface area contributed by atoms with Crippen LogP contribution in [0, 0.1) is 29.4 Å². The van der Waals surface area contributed by atoms with Gasteiger partial charge in [0.15, 0.2) is 11.6 Å². The molecule has 1 aromatic carbocycles. The van der Waals surface area contributed by atoms with Crippen LogP contribution in [-0.2, 0) is 0 Å². The summed E-state index contributed by atoms with van der Waals surface area (Å²) < 4.78 is 26.5. The van der Waals surface area contributed by atoms with Gasteiger partial charge in [-0.2, -0.15) is 0 Å². The Morgan fingerprint density at radius 2 is 1.44 bits per heavy atom. The van der Waals surface area contributed by atoms with Gasteiger partial charge in [0.2, 0.25) is 0 Å². The van der Waals surface area contributed by atoms with E-state index in [2.05, 4.69) is 19.1 Å². The number of halogens is 2. The van der Waals surface area contributed by atoms with Gasteiger partial charge in [-0.3, -0.25) is 0 Å². The average molecular weight is 347 g/mol. The summed E-state index contributed by atoms with van der Waals surface area (Å²) in [4.78, 5) is 0. The minimum atomic E-state index is -0.742. The summed E-state index contributed by atoms with van der Waals surface area (Å²) in [5.41, 5.74) is 0.968. The first-order valence-corrected chi connectivity index (χ1v) is 10.3. The van der Waals surface area contributed by atoms with E-state index in [9.17, 15) is 8.78 Å². The molecule has 1 aromatic rings. The van der Waals surface area contributed by atoms with Crippen LogP contribution in [0.3, 0.4) is 0 Å². The van der Waals surface area contributed by atoms with Crippen molar-refractivity contribution < 1.29 is 8.78 Å². The molecule has 0 amide bonds. The van der Waals surface area contributed by atoms with Crippen LogP contribution >= 0.6 is 0 Å². The van der Waals surface area contributed by atoms with Gasteiger partial charge in [0.25, 0.3) is 0 Å². The van der Waals surface area contributed by atoms with Crippen LogP contribution in [0.15, 0.2) is 30.4 Å². The first kappa shape index (κ1) is 18.6. The smallest absolute Gasteiger partial charge is 0.159 e. The molecule has 0 aliphatic heterocycles. The van der Waals surface area contributed by atoms with E-state index in [0.29, 0.717) is 11.8 Å². The fourth-order valence-electron chi connectivity index (χ4n) is 4.80. The predicted octanol–water partition coefficient (Wildman–Crippen LogP) is 7.40. The Bertz CT molecular complexity index is 561. The van der Waals surface area contributed by atoms with E-state index in [-0.39, 0.29) is 0 Å². The lowest BCUT2D eigenvalue weighted by Gasteiger charge is -2.29. The van der Waals surface area contributed by atoms with Gasteiger partial charge in [-0.15, -0.1) is 0 Å². The highest BCUT2D eigenvalue weighted by Gasteiger charge is 2.23. The summed E-state index contributed by atoms with van der Waals surface area (Å²) in [7, 11) is 0. The van der Waals surface area contributed by atoms with Crippen molar-refractivity contribution in [3.05, 3.63) is 47.5 Å². The largest absolute Gasteiger partial charge is 0.204 e. The fourth-order valence-corrected chi connectivity index (χ4v) is 4.80. The average Bonchev–Trinajstić information content (AvgIpc) is 2.64. The summed E-state index contributed by atoms with van der Waals surface area (Å²) >= 11 is 0. The third-order valence-corrected chi connectivity index (χ3v) is 6.43. The Hall–Kier alpha value is -1.18. The van der Waals surface area contributed by atoms with Gasteiger partial charge in [0, 0.05) is 0 Å². The molecule has 2 heteroatoms. The SMILES string of the molecule is CCC[C@H]1CC[C@H](/C=C/[C@H]2CC[C@H](c3ccc(F)c(F)c3)CC2)CC1. The highest BCUT2D eigenvalue weighted by Crippen LogP contribution is 2.38. The van der Waals surface area contributed by atoms with Gasteiger partial charge in [-0.25, -0.2) is 8.78 Å². The number of hydrogen-bond donors (Lipinski definition) is 0. The second-order valence-electron chi connectivity index (χ2n) is 8.24. The molecule has 0 heterocycles. The fraction of sp³-hybridized carbons (Fsp3) is 0.652. The number of benzene rings is 1. The molecule has 138 valence electrons. The third-order valence-electron chi connectivity index (χ3n) is 6.43. The lowest BCUT2D eigenvalue weighted by Crippen LogP contribution is -2.14. The monoisotopic (exact) mass is 346 g/mol. The van der Waals surface area contributed by atoms with Crippen molar-refractivity contribution >= 4 is 0 Å². The molecule has 2 fully saturated rings. The Balaban J connectivity index is 1.44. The van der Waals surface area contributed by atoms with Gasteiger partial charge >= 0.3 is 0 Å². The Kier molecular flexibility index (Phi) is 6.67. The van der Waals surface area contributed by atoms with Crippen molar-refractivity contribution in [2.24, 2.45) is 17.8 Å². The van der Waals surface area contributed by atoms with Crippen molar-refractivity contribution in [3.8, 4) is 0 Å². The van der Waals surface area contributed by atoms with Crippen molar-refractivity contribution in [2.45, 2.75) is 77.0 Å². The molecule has 0 unspecified atom stereocenters. The molecule has 0 bridgehead atoms. The van der Waals surface area contributed by atoms with Crippen LogP contribution in [0.2, 0.25) is 0 Å². The Morgan fingerprint density at radius 3 is 2.00 bits per heavy atom. The lowest BCUT2D eigenvalue weighted by atomic mass is 9.77. The van der Waals surface area contributed by atoms with E-state index in [1.165, 1.54) is 63.5 Å². The van der Waals surface area contributed by atoms with E-state index in [1.807, 2.05) is 0 Å². The molecule has 0 N–H and O–H groups in total. The summed E-state index contributed by atoms with van der Waals surface area (Å²) in [6.07, 6.45) is 17.8. The van der Waals surface area contributed by atoms with E-state index < -0.39 is 11.6 Å². The normalized spacial score (nSPS) is 30.7. The molecule has 0 spiro atoms. The van der Waals surface area contributed by atoms with Gasteiger partial charge in [0.05, 0.1) is 0 Å². The lowest BCUT2D eigenvalue weighted by molar-refractivity contribution is 0.292. The minimum absolute atomic E-state index is 0.393. The zero-order valence-electron chi connectivity index (χ0n) is 15.5. The maximum Gasteiger partial charge on any atom is 0.159 e. The topological polar surface area (TPSA) is 0 Å². The summed E-state index contributed by atoms with van der Waals surface area (Å²) in [6, 6.07) is 4.42. The summed E-state index contributed by atoms with van der Waals surface area (Å²) in [5.74, 6) is 1.38. The van der Waals surface area contributed by atoms with Crippen LogP contribution in [0.25, 0.3) is 0 Å². The third kappa shape index (κ3) is 5.15. The highest BCUT2D eigenvalue weighted by molar-refractivity contribution is 5.22. The highest BCUT2D eigenvalue weighted by atomic mass is 19.2. The molecular formula is C23H32F2. The second-order valence-corrected chi connectivity index (χ2v) is 8.24. The molecule has 0 radical (unpaired) electrons. The van der Waals surface area contributed by atoms with Gasteiger partial charge in [0.1, 0.15) is 0 Å². The molecule has 0 nitrogen and oxygen atoms in total. The van der Waals surface area contributed by atoms with Gasteiger partial charge in [-0.1, -0.05) is 38.0 Å².